The van der Waals surface area contributed by atoms with Gasteiger partial charge < -0.3 is 10.1 Å². The van der Waals surface area contributed by atoms with Gasteiger partial charge in [-0.2, -0.15) is 0 Å². The quantitative estimate of drug-likeness (QED) is 0.830. The number of nitrogens with one attached hydrogen (secondary N) is 1. The van der Waals surface area contributed by atoms with Crippen LogP contribution in [0.15, 0.2) is 33.5 Å². The van der Waals surface area contributed by atoms with Gasteiger partial charge in [-0.05, 0) is 33.4 Å². The van der Waals surface area contributed by atoms with Crippen molar-refractivity contribution in [3.63, 3.8) is 0 Å². The fourth-order valence-corrected chi connectivity index (χ4v) is 1.95. The third-order valence-corrected chi connectivity index (χ3v) is 2.71. The Labute approximate surface area is 92.7 Å². The fourth-order valence-electron chi connectivity index (χ4n) is 1.39. The third-order valence-electron chi connectivity index (χ3n) is 2.05. The lowest BCUT2D eigenvalue weighted by atomic mass is 10.1. The molecule has 0 saturated heterocycles. The highest BCUT2D eigenvalue weighted by Crippen LogP contribution is 2.20. The van der Waals surface area contributed by atoms with Gasteiger partial charge in [-0.3, -0.25) is 4.79 Å². The molecular formula is C10H6BrNO3. The maximum atomic E-state index is 11.6. The zero-order chi connectivity index (χ0) is 11.0. The number of fused-ring (bicyclic) bond motifs is 1. The summed E-state index contributed by atoms with van der Waals surface area (Å²) >= 11 is 3.24. The summed E-state index contributed by atoms with van der Waals surface area (Å²) in [6.07, 6.45) is 0. The van der Waals surface area contributed by atoms with E-state index in [0.29, 0.717) is 15.2 Å². The zero-order valence-electron chi connectivity index (χ0n) is 7.45. The van der Waals surface area contributed by atoms with Crippen LogP contribution in [-0.4, -0.2) is 16.1 Å². The van der Waals surface area contributed by atoms with Crippen LogP contribution < -0.4 is 5.56 Å². The second-order valence-corrected chi connectivity index (χ2v) is 3.88. The van der Waals surface area contributed by atoms with Crippen molar-refractivity contribution in [1.82, 2.24) is 4.98 Å². The highest BCUT2D eigenvalue weighted by Gasteiger charge is 2.08. The summed E-state index contributed by atoms with van der Waals surface area (Å²) in [5.41, 5.74) is -0.511. The standard InChI is InChI=1S/C10H6BrNO3/c11-6-3-1-2-5-4-7(10(14)15)12-9(13)8(5)6/h1-4H,(H,12,13)(H,14,15). The van der Waals surface area contributed by atoms with E-state index in [9.17, 15) is 9.59 Å². The molecule has 2 rings (SSSR count). The first-order chi connectivity index (χ1) is 7.09. The molecule has 2 aromatic rings. The topological polar surface area (TPSA) is 70.2 Å². The first kappa shape index (κ1) is 9.92. The minimum Gasteiger partial charge on any atom is -0.477 e. The van der Waals surface area contributed by atoms with Crippen LogP contribution in [0.4, 0.5) is 0 Å². The molecular weight excluding hydrogens is 262 g/mol. The number of rotatable bonds is 1. The Morgan fingerprint density at radius 1 is 1.40 bits per heavy atom. The number of benzene rings is 1. The van der Waals surface area contributed by atoms with Crippen LogP contribution in [0.5, 0.6) is 0 Å². The molecule has 76 valence electrons. The monoisotopic (exact) mass is 267 g/mol. The summed E-state index contributed by atoms with van der Waals surface area (Å²) in [4.78, 5) is 24.6. The molecule has 0 amide bonds. The summed E-state index contributed by atoms with van der Waals surface area (Å²) in [5.74, 6) is -1.14. The van der Waals surface area contributed by atoms with Crippen LogP contribution in [-0.2, 0) is 0 Å². The minimum atomic E-state index is -1.14. The number of pyridine rings is 1. The molecule has 15 heavy (non-hydrogen) atoms. The van der Waals surface area contributed by atoms with E-state index in [1.165, 1.54) is 6.07 Å². The van der Waals surface area contributed by atoms with Crippen molar-refractivity contribution in [3.8, 4) is 0 Å². The predicted octanol–water partition coefficient (Wildman–Crippen LogP) is 1.99. The number of halogens is 1. The Balaban J connectivity index is 2.91. The van der Waals surface area contributed by atoms with Crippen LogP contribution in [0.1, 0.15) is 10.5 Å². The molecule has 0 spiro atoms. The Hall–Kier alpha value is -1.62. The van der Waals surface area contributed by atoms with Gasteiger partial charge in [0.1, 0.15) is 5.69 Å². The molecule has 0 unspecified atom stereocenters. The van der Waals surface area contributed by atoms with E-state index in [4.69, 9.17) is 5.11 Å². The van der Waals surface area contributed by atoms with Crippen molar-refractivity contribution in [2.45, 2.75) is 0 Å². The summed E-state index contributed by atoms with van der Waals surface area (Å²) in [7, 11) is 0. The molecule has 1 aromatic heterocycles. The highest BCUT2D eigenvalue weighted by molar-refractivity contribution is 9.10. The van der Waals surface area contributed by atoms with Gasteiger partial charge in [0, 0.05) is 4.47 Å². The molecule has 0 fully saturated rings. The van der Waals surface area contributed by atoms with Crippen molar-refractivity contribution < 1.29 is 9.90 Å². The first-order valence-electron chi connectivity index (χ1n) is 4.14. The molecule has 0 saturated carbocycles. The second kappa shape index (κ2) is 3.51. The Bertz CT molecular complexity index is 603. The average Bonchev–Trinajstić information content (AvgIpc) is 2.17. The Kier molecular flexibility index (Phi) is 2.32. The van der Waals surface area contributed by atoms with Gasteiger partial charge in [0.2, 0.25) is 0 Å². The number of aromatic amines is 1. The zero-order valence-corrected chi connectivity index (χ0v) is 9.04. The van der Waals surface area contributed by atoms with E-state index < -0.39 is 11.5 Å². The second-order valence-electron chi connectivity index (χ2n) is 3.02. The largest absolute Gasteiger partial charge is 0.477 e. The van der Waals surface area contributed by atoms with Gasteiger partial charge in [0.15, 0.2) is 0 Å². The van der Waals surface area contributed by atoms with Gasteiger partial charge in [0.25, 0.3) is 5.56 Å². The molecule has 5 heteroatoms. The summed E-state index contributed by atoms with van der Waals surface area (Å²) in [6.45, 7) is 0. The minimum absolute atomic E-state index is 0.106. The van der Waals surface area contributed by atoms with Crippen LogP contribution >= 0.6 is 15.9 Å². The van der Waals surface area contributed by atoms with E-state index in [0.717, 1.165) is 0 Å². The van der Waals surface area contributed by atoms with Crippen molar-refractivity contribution in [2.24, 2.45) is 0 Å². The molecule has 2 N–H and O–H groups in total. The third kappa shape index (κ3) is 1.66. The maximum Gasteiger partial charge on any atom is 0.352 e. The van der Waals surface area contributed by atoms with Crippen LogP contribution in [0.2, 0.25) is 0 Å². The number of carboxylic acids is 1. The van der Waals surface area contributed by atoms with Crippen molar-refractivity contribution in [3.05, 3.63) is 44.8 Å². The van der Waals surface area contributed by atoms with Gasteiger partial charge in [-0.25, -0.2) is 4.79 Å². The number of aromatic nitrogens is 1. The molecule has 4 nitrogen and oxygen atoms in total. The lowest BCUT2D eigenvalue weighted by molar-refractivity contribution is 0.0690. The number of hydrogen-bond acceptors (Lipinski definition) is 2. The Morgan fingerprint density at radius 2 is 2.13 bits per heavy atom. The van der Waals surface area contributed by atoms with Crippen molar-refractivity contribution >= 4 is 32.7 Å². The van der Waals surface area contributed by atoms with E-state index in [2.05, 4.69) is 20.9 Å². The maximum absolute atomic E-state index is 11.6. The molecule has 0 aliphatic carbocycles. The summed E-state index contributed by atoms with van der Waals surface area (Å²) in [6, 6.07) is 6.61. The van der Waals surface area contributed by atoms with Crippen LogP contribution in [0.3, 0.4) is 0 Å². The highest BCUT2D eigenvalue weighted by atomic mass is 79.9. The van der Waals surface area contributed by atoms with E-state index >= 15 is 0 Å². The molecule has 0 bridgehead atoms. The number of aromatic carboxylic acids is 1. The van der Waals surface area contributed by atoms with Gasteiger partial charge in [-0.1, -0.05) is 12.1 Å². The molecule has 0 atom stereocenters. The van der Waals surface area contributed by atoms with Crippen molar-refractivity contribution in [1.29, 1.82) is 0 Å². The number of H-pyrrole nitrogens is 1. The predicted molar refractivity (Wildman–Crippen MR) is 59.2 cm³/mol. The number of carbonyl (C=O) groups is 1. The van der Waals surface area contributed by atoms with Gasteiger partial charge >= 0.3 is 5.97 Å². The lowest BCUT2D eigenvalue weighted by Gasteiger charge is -2.00. The smallest absolute Gasteiger partial charge is 0.352 e. The summed E-state index contributed by atoms with van der Waals surface area (Å²) < 4.78 is 0.651. The van der Waals surface area contributed by atoms with Crippen LogP contribution in [0.25, 0.3) is 10.8 Å². The number of carboxylic acid groups (broad SMARTS) is 1. The normalized spacial score (nSPS) is 10.5. The van der Waals surface area contributed by atoms with Crippen LogP contribution in [0, 0.1) is 0 Å². The molecule has 0 radical (unpaired) electrons. The lowest BCUT2D eigenvalue weighted by Crippen LogP contribution is -2.13. The number of hydrogen-bond donors (Lipinski definition) is 2. The average molecular weight is 268 g/mol. The van der Waals surface area contributed by atoms with E-state index in [-0.39, 0.29) is 5.69 Å². The van der Waals surface area contributed by atoms with Gasteiger partial charge in [0.05, 0.1) is 5.39 Å². The Morgan fingerprint density at radius 3 is 2.80 bits per heavy atom. The van der Waals surface area contributed by atoms with E-state index in [1.54, 1.807) is 18.2 Å². The molecule has 0 aliphatic rings. The van der Waals surface area contributed by atoms with Crippen molar-refractivity contribution in [2.75, 3.05) is 0 Å². The SMILES string of the molecule is O=C(O)c1cc2cccc(Br)c2c(=O)[nH]1. The van der Waals surface area contributed by atoms with Gasteiger partial charge in [-0.15, -0.1) is 0 Å². The molecule has 1 aromatic carbocycles. The first-order valence-corrected chi connectivity index (χ1v) is 4.94. The summed E-state index contributed by atoms with van der Waals surface area (Å²) in [5, 5.41) is 9.82. The molecule has 1 heterocycles. The fraction of sp³-hybridized carbons (Fsp3) is 0. The van der Waals surface area contributed by atoms with E-state index in [1.807, 2.05) is 0 Å². The molecule has 0 aliphatic heterocycles.